The Morgan fingerprint density at radius 1 is 1.60 bits per heavy atom. The molecule has 0 amide bonds. The average molecular weight is 203 g/mol. The highest BCUT2D eigenvalue weighted by Gasteiger charge is 2.02. The van der Waals surface area contributed by atoms with Crippen LogP contribution in [0.25, 0.3) is 11.7 Å². The fourth-order valence-electron chi connectivity index (χ4n) is 1.31. The van der Waals surface area contributed by atoms with E-state index < -0.39 is 4.92 Å². The standard InChI is InChI=1S/C10H9N3O2/c1-8(13(14)15)6-9-2-4-12-5-3-11-10(12)7-9/h2-7H,1H3. The Labute approximate surface area is 85.8 Å². The maximum Gasteiger partial charge on any atom is 0.243 e. The number of nitrogens with zero attached hydrogens (tertiary/aromatic N) is 3. The number of nitro groups is 1. The summed E-state index contributed by atoms with van der Waals surface area (Å²) in [5.41, 5.74) is 1.67. The molecule has 0 N–H and O–H groups in total. The van der Waals surface area contributed by atoms with Gasteiger partial charge in [0.1, 0.15) is 5.65 Å². The van der Waals surface area contributed by atoms with Crippen LogP contribution in [0, 0.1) is 10.1 Å². The highest BCUT2D eigenvalue weighted by Crippen LogP contribution is 2.09. The lowest BCUT2D eigenvalue weighted by molar-refractivity contribution is -0.422. The summed E-state index contributed by atoms with van der Waals surface area (Å²) in [5.74, 6) is 0. The summed E-state index contributed by atoms with van der Waals surface area (Å²) in [7, 11) is 0. The largest absolute Gasteiger partial charge is 0.307 e. The first kappa shape index (κ1) is 9.39. The summed E-state index contributed by atoms with van der Waals surface area (Å²) in [5, 5.41) is 10.4. The van der Waals surface area contributed by atoms with Crippen molar-refractivity contribution in [3.05, 3.63) is 52.1 Å². The number of aromatic nitrogens is 2. The second-order valence-electron chi connectivity index (χ2n) is 3.20. The Morgan fingerprint density at radius 3 is 3.13 bits per heavy atom. The maximum atomic E-state index is 10.4. The van der Waals surface area contributed by atoms with Crippen molar-refractivity contribution < 1.29 is 4.92 Å². The summed E-state index contributed by atoms with van der Waals surface area (Å²) in [4.78, 5) is 14.1. The van der Waals surface area contributed by atoms with Crippen molar-refractivity contribution in [2.24, 2.45) is 0 Å². The lowest BCUT2D eigenvalue weighted by Crippen LogP contribution is -1.93. The van der Waals surface area contributed by atoms with Gasteiger partial charge in [-0.2, -0.15) is 0 Å². The van der Waals surface area contributed by atoms with Crippen LogP contribution in [0.15, 0.2) is 36.4 Å². The number of allylic oxidation sites excluding steroid dienone is 1. The van der Waals surface area contributed by atoms with Crippen molar-refractivity contribution in [1.29, 1.82) is 0 Å². The molecule has 2 heterocycles. The Bertz CT molecular complexity index is 542. The second-order valence-corrected chi connectivity index (χ2v) is 3.20. The first-order valence-corrected chi connectivity index (χ1v) is 4.42. The van der Waals surface area contributed by atoms with Gasteiger partial charge in [0.15, 0.2) is 0 Å². The van der Waals surface area contributed by atoms with E-state index in [9.17, 15) is 10.1 Å². The molecule has 15 heavy (non-hydrogen) atoms. The molecule has 0 atom stereocenters. The van der Waals surface area contributed by atoms with Gasteiger partial charge in [-0.05, 0) is 17.7 Å². The molecule has 5 heteroatoms. The van der Waals surface area contributed by atoms with Gasteiger partial charge >= 0.3 is 0 Å². The molecule has 0 aliphatic rings. The van der Waals surface area contributed by atoms with Gasteiger partial charge in [-0.1, -0.05) is 0 Å². The number of hydrogen-bond acceptors (Lipinski definition) is 3. The Kier molecular flexibility index (Phi) is 2.21. The smallest absolute Gasteiger partial charge is 0.243 e. The molecule has 0 saturated carbocycles. The van der Waals surface area contributed by atoms with Crippen LogP contribution >= 0.6 is 0 Å². The third-order valence-corrected chi connectivity index (χ3v) is 2.09. The van der Waals surface area contributed by atoms with E-state index in [2.05, 4.69) is 4.98 Å². The van der Waals surface area contributed by atoms with Crippen LogP contribution in [0.4, 0.5) is 0 Å². The Morgan fingerprint density at radius 2 is 2.40 bits per heavy atom. The summed E-state index contributed by atoms with van der Waals surface area (Å²) < 4.78 is 1.85. The quantitative estimate of drug-likeness (QED) is 0.553. The lowest BCUT2D eigenvalue weighted by atomic mass is 10.2. The zero-order chi connectivity index (χ0) is 10.8. The Balaban J connectivity index is 2.44. The molecule has 0 bridgehead atoms. The van der Waals surface area contributed by atoms with Crippen molar-refractivity contribution in [1.82, 2.24) is 9.38 Å². The predicted octanol–water partition coefficient (Wildman–Crippen LogP) is 1.97. The van der Waals surface area contributed by atoms with E-state index in [0.717, 1.165) is 11.2 Å². The molecule has 0 spiro atoms. The van der Waals surface area contributed by atoms with E-state index in [-0.39, 0.29) is 5.70 Å². The Hall–Kier alpha value is -2.17. The topological polar surface area (TPSA) is 60.4 Å². The van der Waals surface area contributed by atoms with Gasteiger partial charge in [-0.25, -0.2) is 4.98 Å². The number of fused-ring (bicyclic) bond motifs is 1. The molecule has 5 nitrogen and oxygen atoms in total. The zero-order valence-electron chi connectivity index (χ0n) is 8.12. The molecule has 76 valence electrons. The van der Waals surface area contributed by atoms with E-state index in [1.807, 2.05) is 22.9 Å². The molecule has 0 radical (unpaired) electrons. The van der Waals surface area contributed by atoms with Gasteiger partial charge in [-0.3, -0.25) is 10.1 Å². The van der Waals surface area contributed by atoms with Crippen LogP contribution in [0.2, 0.25) is 0 Å². The number of imidazole rings is 1. The number of pyridine rings is 1. The molecule has 0 saturated heterocycles. The van der Waals surface area contributed by atoms with Gasteiger partial charge < -0.3 is 4.40 Å². The fourth-order valence-corrected chi connectivity index (χ4v) is 1.31. The van der Waals surface area contributed by atoms with Crippen LogP contribution in [0.3, 0.4) is 0 Å². The third-order valence-electron chi connectivity index (χ3n) is 2.09. The highest BCUT2D eigenvalue weighted by molar-refractivity contribution is 5.56. The second kappa shape index (κ2) is 3.53. The minimum Gasteiger partial charge on any atom is -0.307 e. The average Bonchev–Trinajstić information content (AvgIpc) is 2.64. The molecular formula is C10H9N3O2. The summed E-state index contributed by atoms with van der Waals surface area (Å²) in [6, 6.07) is 3.61. The van der Waals surface area contributed by atoms with Crippen LogP contribution in [-0.2, 0) is 0 Å². The minimum absolute atomic E-state index is 0.117. The van der Waals surface area contributed by atoms with Crippen LogP contribution in [0.5, 0.6) is 0 Å². The molecule has 2 aromatic heterocycles. The molecule has 0 unspecified atom stereocenters. The molecule has 0 aliphatic carbocycles. The maximum absolute atomic E-state index is 10.4. The normalized spacial score (nSPS) is 11.9. The van der Waals surface area contributed by atoms with Crippen molar-refractivity contribution in [2.45, 2.75) is 6.92 Å². The first-order valence-electron chi connectivity index (χ1n) is 4.42. The van der Waals surface area contributed by atoms with Gasteiger partial charge in [0, 0.05) is 31.6 Å². The van der Waals surface area contributed by atoms with Crippen molar-refractivity contribution in [3.8, 4) is 0 Å². The van der Waals surface area contributed by atoms with Crippen molar-refractivity contribution >= 4 is 11.7 Å². The monoisotopic (exact) mass is 203 g/mol. The zero-order valence-corrected chi connectivity index (χ0v) is 8.12. The third kappa shape index (κ3) is 1.85. The van der Waals surface area contributed by atoms with Crippen molar-refractivity contribution in [2.75, 3.05) is 0 Å². The van der Waals surface area contributed by atoms with Gasteiger partial charge in [0.05, 0.1) is 4.92 Å². The van der Waals surface area contributed by atoms with Crippen LogP contribution in [-0.4, -0.2) is 14.3 Å². The highest BCUT2D eigenvalue weighted by atomic mass is 16.6. The fraction of sp³-hybridized carbons (Fsp3) is 0.100. The first-order chi connectivity index (χ1) is 7.16. The number of hydrogen-bond donors (Lipinski definition) is 0. The predicted molar refractivity (Wildman–Crippen MR) is 55.8 cm³/mol. The number of rotatable bonds is 2. The van der Waals surface area contributed by atoms with Crippen LogP contribution in [0.1, 0.15) is 12.5 Å². The van der Waals surface area contributed by atoms with E-state index in [4.69, 9.17) is 0 Å². The summed E-state index contributed by atoms with van der Waals surface area (Å²) in [6.07, 6.45) is 6.85. The molecule has 0 aliphatic heterocycles. The van der Waals surface area contributed by atoms with Gasteiger partial charge in [0.25, 0.3) is 0 Å². The van der Waals surface area contributed by atoms with E-state index in [0.29, 0.717) is 0 Å². The van der Waals surface area contributed by atoms with Gasteiger partial charge in [0.2, 0.25) is 5.70 Å². The minimum atomic E-state index is -0.407. The van der Waals surface area contributed by atoms with E-state index in [1.165, 1.54) is 13.0 Å². The molecule has 0 fully saturated rings. The van der Waals surface area contributed by atoms with E-state index >= 15 is 0 Å². The summed E-state index contributed by atoms with van der Waals surface area (Å²) >= 11 is 0. The molecule has 2 aromatic rings. The summed E-state index contributed by atoms with van der Waals surface area (Å²) in [6.45, 7) is 1.47. The van der Waals surface area contributed by atoms with Crippen LogP contribution < -0.4 is 0 Å². The molecular weight excluding hydrogens is 194 g/mol. The molecule has 2 rings (SSSR count). The molecule has 0 aromatic carbocycles. The lowest BCUT2D eigenvalue weighted by Gasteiger charge is -1.95. The van der Waals surface area contributed by atoms with E-state index in [1.54, 1.807) is 12.3 Å². The SMILES string of the molecule is CC(=Cc1ccn2ccnc2c1)[N+](=O)[O-]. The van der Waals surface area contributed by atoms with Gasteiger partial charge in [-0.15, -0.1) is 0 Å². The van der Waals surface area contributed by atoms with Crippen molar-refractivity contribution in [3.63, 3.8) is 0 Å².